The topological polar surface area (TPSA) is 93.5 Å². The summed E-state index contributed by atoms with van der Waals surface area (Å²) in [5.74, 6) is 0.0582. The van der Waals surface area contributed by atoms with Gasteiger partial charge in [0.15, 0.2) is 0 Å². The van der Waals surface area contributed by atoms with E-state index in [2.05, 4.69) is 11.4 Å². The number of hydrogen-bond acceptors (Lipinski definition) is 5. The van der Waals surface area contributed by atoms with Crippen molar-refractivity contribution >= 4 is 15.9 Å². The molecule has 0 unspecified atom stereocenters. The van der Waals surface area contributed by atoms with Gasteiger partial charge in [0.2, 0.25) is 15.9 Å². The lowest BCUT2D eigenvalue weighted by Gasteiger charge is -2.34. The lowest BCUT2D eigenvalue weighted by molar-refractivity contribution is -0.123. The Kier molecular flexibility index (Phi) is 5.80. The van der Waals surface area contributed by atoms with Crippen LogP contribution in [0.5, 0.6) is 0 Å². The summed E-state index contributed by atoms with van der Waals surface area (Å²) in [6.45, 7) is 7.49. The molecule has 0 radical (unpaired) electrons. The summed E-state index contributed by atoms with van der Waals surface area (Å²) in [5.41, 5.74) is 1.21. The molecule has 152 valence electrons. The van der Waals surface area contributed by atoms with Gasteiger partial charge in [-0.3, -0.25) is 9.69 Å². The first-order chi connectivity index (χ1) is 13.2. The summed E-state index contributed by atoms with van der Waals surface area (Å²) in [7, 11) is -3.53. The number of piperazine rings is 1. The molecule has 1 aromatic rings. The standard InChI is InChI=1S/C20H28N4O3S/c1-15-4-7-18(12-16(15)2)28(26,27)24-10-8-23(9-11-24)13-19(25)22-20(3,14-21)17-5-6-17/h4,7,12,17H,5-6,8-11,13H2,1-3H3,(H,22,25)/t20-/m0/s1. The zero-order chi connectivity index (χ0) is 20.5. The fourth-order valence-corrected chi connectivity index (χ4v) is 5.07. The predicted molar refractivity (Wildman–Crippen MR) is 106 cm³/mol. The van der Waals surface area contributed by atoms with E-state index < -0.39 is 15.6 Å². The SMILES string of the molecule is Cc1ccc(S(=O)(=O)N2CCN(CC(=O)N[C@@](C)(C#N)C3CC3)CC2)cc1C. The first kappa shape index (κ1) is 20.8. The van der Waals surface area contributed by atoms with E-state index in [1.807, 2.05) is 24.8 Å². The molecule has 0 aromatic heterocycles. The molecule has 7 nitrogen and oxygen atoms in total. The van der Waals surface area contributed by atoms with Gasteiger partial charge in [0.05, 0.1) is 17.5 Å². The highest BCUT2D eigenvalue weighted by atomic mass is 32.2. The number of carbonyl (C=O) groups is 1. The highest BCUT2D eigenvalue weighted by molar-refractivity contribution is 7.89. The van der Waals surface area contributed by atoms with Gasteiger partial charge in [0, 0.05) is 26.2 Å². The molecular weight excluding hydrogens is 376 g/mol. The van der Waals surface area contributed by atoms with E-state index in [9.17, 15) is 18.5 Å². The predicted octanol–water partition coefficient (Wildman–Crippen LogP) is 1.42. The van der Waals surface area contributed by atoms with Crippen molar-refractivity contribution in [3.05, 3.63) is 29.3 Å². The molecular formula is C20H28N4O3S. The summed E-state index contributed by atoms with van der Waals surface area (Å²) in [6, 6.07) is 7.42. The molecule has 1 aliphatic carbocycles. The molecule has 1 amide bonds. The minimum atomic E-state index is -3.53. The van der Waals surface area contributed by atoms with Crippen molar-refractivity contribution in [2.45, 2.75) is 44.0 Å². The third-order valence-electron chi connectivity index (χ3n) is 5.84. The highest BCUT2D eigenvalue weighted by Crippen LogP contribution is 2.39. The number of nitrogens with one attached hydrogen (secondary N) is 1. The first-order valence-corrected chi connectivity index (χ1v) is 11.1. The number of nitrogens with zero attached hydrogens (tertiary/aromatic N) is 3. The molecule has 0 bridgehead atoms. The smallest absolute Gasteiger partial charge is 0.243 e. The van der Waals surface area contributed by atoms with Gasteiger partial charge >= 0.3 is 0 Å². The largest absolute Gasteiger partial charge is 0.337 e. The van der Waals surface area contributed by atoms with Gasteiger partial charge in [0.25, 0.3) is 0 Å². The highest BCUT2D eigenvalue weighted by Gasteiger charge is 2.43. The molecule has 1 saturated heterocycles. The number of amides is 1. The van der Waals surface area contributed by atoms with Crippen molar-refractivity contribution in [3.63, 3.8) is 0 Å². The maximum Gasteiger partial charge on any atom is 0.243 e. The monoisotopic (exact) mass is 404 g/mol. The minimum Gasteiger partial charge on any atom is -0.337 e. The van der Waals surface area contributed by atoms with Crippen molar-refractivity contribution in [1.82, 2.24) is 14.5 Å². The van der Waals surface area contributed by atoms with Crippen LogP contribution in [0, 0.1) is 31.1 Å². The second kappa shape index (κ2) is 7.82. The van der Waals surface area contributed by atoms with Crippen molar-refractivity contribution in [1.29, 1.82) is 5.26 Å². The third-order valence-corrected chi connectivity index (χ3v) is 7.73. The lowest BCUT2D eigenvalue weighted by Crippen LogP contribution is -2.54. The van der Waals surface area contributed by atoms with Crippen LogP contribution in [0.3, 0.4) is 0 Å². The molecule has 0 spiro atoms. The maximum absolute atomic E-state index is 12.9. The second-order valence-corrected chi connectivity index (χ2v) is 10.0. The average molecular weight is 405 g/mol. The summed E-state index contributed by atoms with van der Waals surface area (Å²) in [4.78, 5) is 14.6. The molecule has 2 fully saturated rings. The van der Waals surface area contributed by atoms with Crippen molar-refractivity contribution < 1.29 is 13.2 Å². The number of hydrogen-bond donors (Lipinski definition) is 1. The van der Waals surface area contributed by atoms with Crippen LogP contribution in [0.1, 0.15) is 30.9 Å². The molecule has 1 N–H and O–H groups in total. The average Bonchev–Trinajstić information content (AvgIpc) is 3.50. The van der Waals surface area contributed by atoms with E-state index in [1.165, 1.54) is 4.31 Å². The van der Waals surface area contributed by atoms with E-state index in [-0.39, 0.29) is 18.4 Å². The Hall–Kier alpha value is -1.95. The lowest BCUT2D eigenvalue weighted by atomic mass is 9.98. The fourth-order valence-electron chi connectivity index (χ4n) is 3.57. The van der Waals surface area contributed by atoms with Gasteiger partial charge in [-0.1, -0.05) is 6.07 Å². The Labute approximate surface area is 167 Å². The molecule has 3 rings (SSSR count). The summed E-state index contributed by atoms with van der Waals surface area (Å²) >= 11 is 0. The molecule has 8 heteroatoms. The van der Waals surface area contributed by atoms with E-state index in [0.717, 1.165) is 24.0 Å². The number of sulfonamides is 1. The summed E-state index contributed by atoms with van der Waals surface area (Å²) < 4.78 is 27.2. The number of nitriles is 1. The molecule has 2 aliphatic rings. The molecule has 1 aliphatic heterocycles. The number of aryl methyl sites for hydroxylation is 2. The van der Waals surface area contributed by atoms with Crippen LogP contribution >= 0.6 is 0 Å². The van der Waals surface area contributed by atoms with Gasteiger partial charge in [-0.05, 0) is 62.8 Å². The van der Waals surface area contributed by atoms with Crippen LogP contribution in [-0.4, -0.2) is 61.8 Å². The number of benzene rings is 1. The third kappa shape index (κ3) is 4.37. The second-order valence-electron chi connectivity index (χ2n) is 8.06. The van der Waals surface area contributed by atoms with Gasteiger partial charge < -0.3 is 5.32 Å². The number of rotatable bonds is 6. The zero-order valence-electron chi connectivity index (χ0n) is 16.7. The van der Waals surface area contributed by atoms with E-state index >= 15 is 0 Å². The fraction of sp³-hybridized carbons (Fsp3) is 0.600. The quantitative estimate of drug-likeness (QED) is 0.774. The van der Waals surface area contributed by atoms with Crippen LogP contribution < -0.4 is 5.32 Å². The maximum atomic E-state index is 12.9. The molecule has 1 heterocycles. The number of carbonyl (C=O) groups excluding carboxylic acids is 1. The Morgan fingerprint density at radius 1 is 1.21 bits per heavy atom. The van der Waals surface area contributed by atoms with Crippen molar-refractivity contribution in [2.75, 3.05) is 32.7 Å². The summed E-state index contributed by atoms with van der Waals surface area (Å²) in [5, 5.41) is 12.2. The van der Waals surface area contributed by atoms with Gasteiger partial charge in [-0.25, -0.2) is 8.42 Å². The Balaban J connectivity index is 1.56. The minimum absolute atomic E-state index is 0.179. The Morgan fingerprint density at radius 2 is 1.86 bits per heavy atom. The summed E-state index contributed by atoms with van der Waals surface area (Å²) in [6.07, 6.45) is 1.94. The van der Waals surface area contributed by atoms with E-state index in [1.54, 1.807) is 19.1 Å². The molecule has 1 saturated carbocycles. The molecule has 28 heavy (non-hydrogen) atoms. The first-order valence-electron chi connectivity index (χ1n) is 9.68. The van der Waals surface area contributed by atoms with Crippen LogP contribution in [0.25, 0.3) is 0 Å². The van der Waals surface area contributed by atoms with Gasteiger partial charge in [-0.2, -0.15) is 9.57 Å². The van der Waals surface area contributed by atoms with Crippen molar-refractivity contribution in [2.24, 2.45) is 5.92 Å². The van der Waals surface area contributed by atoms with Gasteiger partial charge in [-0.15, -0.1) is 0 Å². The molecule has 1 aromatic carbocycles. The normalized spacial score (nSPS) is 20.9. The van der Waals surface area contributed by atoms with Crippen LogP contribution in [0.2, 0.25) is 0 Å². The molecule has 1 atom stereocenters. The van der Waals surface area contributed by atoms with E-state index in [4.69, 9.17) is 0 Å². The van der Waals surface area contributed by atoms with Crippen LogP contribution in [0.4, 0.5) is 0 Å². The van der Waals surface area contributed by atoms with Crippen LogP contribution in [-0.2, 0) is 14.8 Å². The van der Waals surface area contributed by atoms with Crippen LogP contribution in [0.15, 0.2) is 23.1 Å². The van der Waals surface area contributed by atoms with Crippen molar-refractivity contribution in [3.8, 4) is 6.07 Å². The Morgan fingerprint density at radius 3 is 2.39 bits per heavy atom. The Bertz CT molecular complexity index is 897. The van der Waals surface area contributed by atoms with E-state index in [0.29, 0.717) is 31.1 Å². The van der Waals surface area contributed by atoms with Gasteiger partial charge in [0.1, 0.15) is 5.54 Å². The zero-order valence-corrected chi connectivity index (χ0v) is 17.6.